The van der Waals surface area contributed by atoms with E-state index >= 15 is 8.78 Å². The average Bonchev–Trinajstić information content (AvgIpc) is 4.14. The zero-order valence-corrected chi connectivity index (χ0v) is 43.7. The van der Waals surface area contributed by atoms with Gasteiger partial charge in [0.25, 0.3) is 0 Å². The molecule has 67 heavy (non-hydrogen) atoms. The molecule has 0 radical (unpaired) electrons. The quantitative estimate of drug-likeness (QED) is 0.0459. The first-order valence-electron chi connectivity index (χ1n) is 26.1. The predicted molar refractivity (Wildman–Crippen MR) is 287 cm³/mol. The number of rotatable bonds is 28. The third-order valence-electron chi connectivity index (χ3n) is 14.0. The topological polar surface area (TPSA) is 51.6 Å². The zero-order chi connectivity index (χ0) is 47.1. The lowest BCUT2D eigenvalue weighted by atomic mass is 9.89. The maximum atomic E-state index is 16.1. The van der Waals surface area contributed by atoms with E-state index in [1.807, 2.05) is 24.3 Å². The van der Waals surface area contributed by atoms with Gasteiger partial charge >= 0.3 is 0 Å². The molecule has 4 heterocycles. The van der Waals surface area contributed by atoms with Crippen molar-refractivity contribution >= 4 is 56.5 Å². The van der Waals surface area contributed by atoms with Crippen LogP contribution >= 0.6 is 34.4 Å². The third-order valence-corrected chi connectivity index (χ3v) is 16.8. The molecule has 0 aliphatic carbocycles. The van der Waals surface area contributed by atoms with E-state index in [4.69, 9.17) is 18.7 Å². The van der Waals surface area contributed by atoms with Gasteiger partial charge in [-0.2, -0.15) is 8.75 Å². The molecule has 0 amide bonds. The lowest BCUT2D eigenvalue weighted by Gasteiger charge is -2.17. The van der Waals surface area contributed by atoms with Crippen LogP contribution in [-0.4, -0.2) is 18.7 Å². The van der Waals surface area contributed by atoms with E-state index in [-0.39, 0.29) is 11.6 Å². The van der Waals surface area contributed by atoms with Crippen molar-refractivity contribution in [2.24, 2.45) is 11.8 Å². The van der Waals surface area contributed by atoms with E-state index in [0.29, 0.717) is 23.0 Å². The average molecular weight is 961 g/mol. The molecule has 0 spiro atoms. The Balaban J connectivity index is 1.17. The molecule has 0 fully saturated rings. The van der Waals surface area contributed by atoms with Crippen molar-refractivity contribution in [2.75, 3.05) is 0 Å². The monoisotopic (exact) mass is 961 g/mol. The summed E-state index contributed by atoms with van der Waals surface area (Å²) in [5.74, 6) is 1.06. The summed E-state index contributed by atoms with van der Waals surface area (Å²) in [6.07, 6.45) is 26.0. The van der Waals surface area contributed by atoms with Gasteiger partial charge in [-0.05, 0) is 97.9 Å². The first-order chi connectivity index (χ1) is 32.8. The second kappa shape index (κ2) is 25.6. The smallest absolute Gasteiger partial charge is 0.132 e. The van der Waals surface area contributed by atoms with Crippen molar-refractivity contribution in [1.82, 2.24) is 18.7 Å². The maximum absolute atomic E-state index is 16.1. The molecule has 0 bridgehead atoms. The molecule has 0 saturated carbocycles. The van der Waals surface area contributed by atoms with Gasteiger partial charge in [0.15, 0.2) is 0 Å². The second-order valence-corrected chi connectivity index (χ2v) is 21.7. The van der Waals surface area contributed by atoms with Gasteiger partial charge in [-0.1, -0.05) is 169 Å². The normalized spacial score (nSPS) is 12.8. The highest BCUT2D eigenvalue weighted by molar-refractivity contribution is 7.19. The highest BCUT2D eigenvalue weighted by Gasteiger charge is 2.26. The molecular formula is C58H74F2N4S3. The molecule has 0 saturated heterocycles. The van der Waals surface area contributed by atoms with Crippen LogP contribution in [0.4, 0.5) is 8.78 Å². The molecule has 0 aliphatic heterocycles. The zero-order valence-electron chi connectivity index (χ0n) is 41.3. The second-order valence-electron chi connectivity index (χ2n) is 19.0. The van der Waals surface area contributed by atoms with Crippen LogP contribution in [0.3, 0.4) is 0 Å². The number of aromatic nitrogens is 4. The minimum Gasteiger partial charge on any atom is -0.249 e. The number of thiophene rings is 2. The summed E-state index contributed by atoms with van der Waals surface area (Å²) in [6, 6.07) is 19.9. The van der Waals surface area contributed by atoms with Crippen molar-refractivity contribution in [2.45, 2.75) is 183 Å². The Morgan fingerprint density at radius 1 is 0.433 bits per heavy atom. The van der Waals surface area contributed by atoms with E-state index < -0.39 is 0 Å². The Kier molecular flexibility index (Phi) is 19.5. The minimum absolute atomic E-state index is 0.177. The molecule has 0 N–H and O–H groups in total. The molecule has 4 aromatic heterocycles. The molecule has 0 aliphatic rings. The molecule has 9 heteroatoms. The van der Waals surface area contributed by atoms with Crippen LogP contribution in [0, 0.1) is 23.5 Å². The summed E-state index contributed by atoms with van der Waals surface area (Å²) in [5, 5.41) is 0. The van der Waals surface area contributed by atoms with Crippen molar-refractivity contribution in [3.05, 3.63) is 94.8 Å². The van der Waals surface area contributed by atoms with E-state index in [1.165, 1.54) is 114 Å². The number of nitrogens with zero attached hydrogens (tertiary/aromatic N) is 4. The standard InChI is InChI=1S/C58H74F2N4S3/c1-7-13-17-19-23-39(21-15-9-3)25-27-41-29-31-43(45(59)37-41)49-33-35-51(65-49)53-55-56(62-48(12-6)47(11-5)61-55)54(58-57(53)63-67-64-58)52-36-34-50(66-52)44-32-30-42(38-46(44)60)28-26-40(22-16-10-4)24-20-18-14-8-2/h29-40H,7-28H2,1-6H3. The van der Waals surface area contributed by atoms with Crippen molar-refractivity contribution in [3.8, 4) is 41.8 Å². The Hall–Kier alpha value is -3.92. The molecule has 358 valence electrons. The number of hydrogen-bond donors (Lipinski definition) is 0. The number of unbranched alkanes of at least 4 members (excludes halogenated alkanes) is 8. The summed E-state index contributed by atoms with van der Waals surface area (Å²) in [7, 11) is 0. The van der Waals surface area contributed by atoms with Crippen LogP contribution in [-0.2, 0) is 25.7 Å². The molecule has 3 aromatic carbocycles. The van der Waals surface area contributed by atoms with Crippen molar-refractivity contribution in [3.63, 3.8) is 0 Å². The summed E-state index contributed by atoms with van der Waals surface area (Å²) < 4.78 is 42.1. The summed E-state index contributed by atoms with van der Waals surface area (Å²) in [5.41, 5.74) is 10.1. The van der Waals surface area contributed by atoms with Crippen molar-refractivity contribution in [1.29, 1.82) is 0 Å². The highest BCUT2D eigenvalue weighted by atomic mass is 32.1. The van der Waals surface area contributed by atoms with Gasteiger partial charge in [0.2, 0.25) is 0 Å². The maximum Gasteiger partial charge on any atom is 0.132 e. The predicted octanol–water partition coefficient (Wildman–Crippen LogP) is 19.2. The lowest BCUT2D eigenvalue weighted by Crippen LogP contribution is -2.03. The number of halogens is 2. The molecule has 2 unspecified atom stereocenters. The Morgan fingerprint density at radius 3 is 1.22 bits per heavy atom. The van der Waals surface area contributed by atoms with E-state index in [1.54, 1.807) is 34.8 Å². The van der Waals surface area contributed by atoms with Crippen LogP contribution in [0.25, 0.3) is 63.8 Å². The SMILES string of the molecule is CCCCCCC(CCCC)CCc1ccc(-c2ccc(-c3c4nsnc4c(-c4ccc(-c5ccc(CCC(CCCC)CCCCCC)cc5F)s4)c4nc(CC)c(CC)nc34)s2)c(F)c1. The Bertz CT molecular complexity index is 2460. The first kappa shape index (κ1) is 50.9. The van der Waals surface area contributed by atoms with E-state index in [9.17, 15) is 0 Å². The fraction of sp³-hybridized carbons (Fsp3) is 0.517. The van der Waals surface area contributed by atoms with Crippen LogP contribution in [0.2, 0.25) is 0 Å². The van der Waals surface area contributed by atoms with Gasteiger partial charge in [-0.3, -0.25) is 0 Å². The number of aryl methyl sites for hydroxylation is 4. The number of fused-ring (bicyclic) bond motifs is 2. The minimum atomic E-state index is -0.177. The molecule has 4 nitrogen and oxygen atoms in total. The van der Waals surface area contributed by atoms with Crippen molar-refractivity contribution < 1.29 is 8.78 Å². The molecular weight excluding hydrogens is 887 g/mol. The molecule has 2 atom stereocenters. The van der Waals surface area contributed by atoms with Crippen LogP contribution in [0.5, 0.6) is 0 Å². The number of benzene rings is 3. The molecule has 7 aromatic rings. The summed E-state index contributed by atoms with van der Waals surface area (Å²) in [4.78, 5) is 14.4. The lowest BCUT2D eigenvalue weighted by molar-refractivity contribution is 0.388. The highest BCUT2D eigenvalue weighted by Crippen LogP contribution is 2.47. The van der Waals surface area contributed by atoms with Gasteiger partial charge in [0.1, 0.15) is 33.7 Å². The fourth-order valence-electron chi connectivity index (χ4n) is 10.0. The number of hydrogen-bond acceptors (Lipinski definition) is 7. The van der Waals surface area contributed by atoms with Gasteiger partial charge in [-0.15, -0.1) is 22.7 Å². The summed E-state index contributed by atoms with van der Waals surface area (Å²) >= 11 is 4.31. The third kappa shape index (κ3) is 12.8. The fourth-order valence-corrected chi connectivity index (χ4v) is 12.7. The molecule has 7 rings (SSSR count). The van der Waals surface area contributed by atoms with Gasteiger partial charge in [-0.25, -0.2) is 18.7 Å². The Morgan fingerprint density at radius 2 is 0.836 bits per heavy atom. The van der Waals surface area contributed by atoms with E-state index in [2.05, 4.69) is 65.8 Å². The van der Waals surface area contributed by atoms with Crippen LogP contribution < -0.4 is 0 Å². The van der Waals surface area contributed by atoms with Gasteiger partial charge < -0.3 is 0 Å². The van der Waals surface area contributed by atoms with Gasteiger partial charge in [0.05, 0.1) is 23.1 Å². The first-order valence-corrected chi connectivity index (χ1v) is 28.4. The Labute approximate surface area is 412 Å². The van der Waals surface area contributed by atoms with Crippen LogP contribution in [0.1, 0.15) is 180 Å². The van der Waals surface area contributed by atoms with Crippen LogP contribution in [0.15, 0.2) is 60.7 Å². The largest absolute Gasteiger partial charge is 0.249 e. The van der Waals surface area contributed by atoms with Gasteiger partial charge in [0, 0.05) is 41.8 Å². The summed E-state index contributed by atoms with van der Waals surface area (Å²) in [6.45, 7) is 13.3. The van der Waals surface area contributed by atoms with E-state index in [0.717, 1.165) is 114 Å².